The van der Waals surface area contributed by atoms with E-state index in [0.717, 1.165) is 49.2 Å². The van der Waals surface area contributed by atoms with Crippen LogP contribution in [0.15, 0.2) is 54.6 Å². The van der Waals surface area contributed by atoms with Crippen LogP contribution in [0.5, 0.6) is 0 Å². The molecule has 2 nitrogen and oxygen atoms in total. The van der Waals surface area contributed by atoms with E-state index in [-0.39, 0.29) is 0 Å². The van der Waals surface area contributed by atoms with E-state index in [1.54, 1.807) is 0 Å². The molecular formula is C28H37ClN2. The highest BCUT2D eigenvalue weighted by Gasteiger charge is 2.42. The number of halogens is 1. The Kier molecular flexibility index (Phi) is 8.58. The molecule has 3 heteroatoms. The molecule has 2 unspecified atom stereocenters. The number of nitriles is 1. The van der Waals surface area contributed by atoms with Crippen LogP contribution in [0.2, 0.25) is 5.02 Å². The van der Waals surface area contributed by atoms with Gasteiger partial charge < -0.3 is 0 Å². The van der Waals surface area contributed by atoms with E-state index in [9.17, 15) is 5.26 Å². The summed E-state index contributed by atoms with van der Waals surface area (Å²) >= 11 is 6.16. The van der Waals surface area contributed by atoms with Gasteiger partial charge in [-0.25, -0.2) is 0 Å². The molecule has 0 heterocycles. The fraction of sp³-hybridized carbons (Fsp3) is 0.536. The van der Waals surface area contributed by atoms with E-state index in [4.69, 9.17) is 11.6 Å². The smallest absolute Gasteiger partial charge is 0.0851 e. The Morgan fingerprint density at radius 2 is 1.68 bits per heavy atom. The molecule has 0 N–H and O–H groups in total. The van der Waals surface area contributed by atoms with Gasteiger partial charge in [0.2, 0.25) is 0 Å². The lowest BCUT2D eigenvalue weighted by Crippen LogP contribution is -2.42. The Morgan fingerprint density at radius 3 is 2.26 bits per heavy atom. The Bertz CT molecular complexity index is 834. The number of benzene rings is 2. The summed E-state index contributed by atoms with van der Waals surface area (Å²) in [6, 6.07) is 22.5. The molecule has 0 aliphatic heterocycles. The first-order valence-electron chi connectivity index (χ1n) is 11.9. The zero-order valence-electron chi connectivity index (χ0n) is 19.4. The third-order valence-corrected chi connectivity index (χ3v) is 7.55. The van der Waals surface area contributed by atoms with E-state index in [2.05, 4.69) is 74.2 Å². The van der Waals surface area contributed by atoms with Crippen molar-refractivity contribution in [2.45, 2.75) is 83.2 Å². The molecule has 1 aliphatic carbocycles. The Labute approximate surface area is 194 Å². The fourth-order valence-electron chi connectivity index (χ4n) is 5.45. The first-order valence-corrected chi connectivity index (χ1v) is 12.3. The summed E-state index contributed by atoms with van der Waals surface area (Å²) in [7, 11) is 0. The first kappa shape index (κ1) is 23.8. The molecule has 2 aromatic carbocycles. The standard InChI is InChI=1S/C28H37ClN2/c1-22(2)31(20-18-24-9-5-4-6-10-24)23(3)17-19-28(21-30,25-11-7-8-12-25)26-13-15-27(29)16-14-26/h4-6,9-10,13-16,22-23,25H,7-8,11-12,17-20H2,1-3H3. The molecule has 2 atom stereocenters. The van der Waals surface area contributed by atoms with E-state index in [1.165, 1.54) is 18.4 Å². The van der Waals surface area contributed by atoms with Crippen molar-refractivity contribution < 1.29 is 0 Å². The summed E-state index contributed by atoms with van der Waals surface area (Å²) in [6.45, 7) is 7.96. The van der Waals surface area contributed by atoms with Crippen molar-refractivity contribution in [3.63, 3.8) is 0 Å². The molecule has 31 heavy (non-hydrogen) atoms. The van der Waals surface area contributed by atoms with Crippen LogP contribution >= 0.6 is 11.6 Å². The van der Waals surface area contributed by atoms with E-state index in [1.807, 2.05) is 12.1 Å². The average Bonchev–Trinajstić information content (AvgIpc) is 3.31. The van der Waals surface area contributed by atoms with Crippen LogP contribution in [-0.2, 0) is 11.8 Å². The molecule has 0 saturated heterocycles. The molecule has 1 fully saturated rings. The van der Waals surface area contributed by atoms with Crippen LogP contribution in [0.25, 0.3) is 0 Å². The average molecular weight is 437 g/mol. The van der Waals surface area contributed by atoms with Gasteiger partial charge in [-0.1, -0.05) is 66.9 Å². The Morgan fingerprint density at radius 1 is 1.03 bits per heavy atom. The normalized spacial score (nSPS) is 17.6. The zero-order chi connectivity index (χ0) is 22.3. The van der Waals surface area contributed by atoms with Crippen LogP contribution in [0, 0.1) is 17.2 Å². The summed E-state index contributed by atoms with van der Waals surface area (Å²) in [5.41, 5.74) is 2.13. The van der Waals surface area contributed by atoms with E-state index >= 15 is 0 Å². The third-order valence-electron chi connectivity index (χ3n) is 7.30. The van der Waals surface area contributed by atoms with Crippen LogP contribution in [0.3, 0.4) is 0 Å². The highest BCUT2D eigenvalue weighted by molar-refractivity contribution is 6.30. The van der Waals surface area contributed by atoms with Crippen molar-refractivity contribution in [2.24, 2.45) is 5.92 Å². The monoisotopic (exact) mass is 436 g/mol. The maximum atomic E-state index is 10.5. The maximum absolute atomic E-state index is 10.5. The van der Waals surface area contributed by atoms with E-state index in [0.29, 0.717) is 18.0 Å². The van der Waals surface area contributed by atoms with E-state index < -0.39 is 5.41 Å². The lowest BCUT2D eigenvalue weighted by molar-refractivity contribution is 0.147. The molecule has 166 valence electrons. The lowest BCUT2D eigenvalue weighted by Gasteiger charge is -2.38. The van der Waals surface area contributed by atoms with Crippen molar-refractivity contribution in [2.75, 3.05) is 6.54 Å². The van der Waals surface area contributed by atoms with Gasteiger partial charge in [-0.15, -0.1) is 0 Å². The van der Waals surface area contributed by atoms with Crippen molar-refractivity contribution in [3.05, 3.63) is 70.7 Å². The molecular weight excluding hydrogens is 400 g/mol. The van der Waals surface area contributed by atoms with Gasteiger partial charge >= 0.3 is 0 Å². The second-order valence-corrected chi connectivity index (χ2v) is 9.96. The first-order chi connectivity index (χ1) is 15.0. The molecule has 2 aromatic rings. The molecule has 0 amide bonds. The van der Waals surface area contributed by atoms with Gasteiger partial charge in [-0.3, -0.25) is 4.90 Å². The summed E-state index contributed by atoms with van der Waals surface area (Å²) in [5, 5.41) is 11.2. The summed E-state index contributed by atoms with van der Waals surface area (Å²) < 4.78 is 0. The second kappa shape index (κ2) is 11.2. The SMILES string of the molecule is CC(C)N(CCc1ccccc1)C(C)CCC(C#N)(c1ccc(Cl)cc1)C1CCCC1. The number of hydrogen-bond acceptors (Lipinski definition) is 2. The number of hydrogen-bond donors (Lipinski definition) is 0. The van der Waals surface area contributed by atoms with Gasteiger partial charge in [0.25, 0.3) is 0 Å². The molecule has 1 saturated carbocycles. The van der Waals surface area contributed by atoms with Crippen LogP contribution < -0.4 is 0 Å². The largest absolute Gasteiger partial charge is 0.298 e. The predicted molar refractivity (Wildman–Crippen MR) is 131 cm³/mol. The molecule has 0 bridgehead atoms. The van der Waals surface area contributed by atoms with Gasteiger partial charge in [-0.2, -0.15) is 5.26 Å². The Hall–Kier alpha value is -1.82. The van der Waals surface area contributed by atoms with Crippen molar-refractivity contribution in [1.29, 1.82) is 5.26 Å². The second-order valence-electron chi connectivity index (χ2n) is 9.53. The van der Waals surface area contributed by atoms with Crippen LogP contribution in [0.1, 0.15) is 70.4 Å². The van der Waals surface area contributed by atoms with Gasteiger partial charge in [0.05, 0.1) is 11.5 Å². The molecule has 0 aromatic heterocycles. The topological polar surface area (TPSA) is 27.0 Å². The maximum Gasteiger partial charge on any atom is 0.0851 e. The minimum atomic E-state index is -0.405. The van der Waals surface area contributed by atoms with Crippen molar-refractivity contribution in [1.82, 2.24) is 4.90 Å². The number of nitrogens with zero attached hydrogens (tertiary/aromatic N) is 2. The third kappa shape index (κ3) is 5.91. The van der Waals surface area contributed by atoms with Crippen LogP contribution in [-0.4, -0.2) is 23.5 Å². The lowest BCUT2D eigenvalue weighted by atomic mass is 9.67. The molecule has 3 rings (SSSR count). The minimum absolute atomic E-state index is 0.405. The minimum Gasteiger partial charge on any atom is -0.298 e. The molecule has 1 aliphatic rings. The van der Waals surface area contributed by atoms with Crippen molar-refractivity contribution >= 4 is 11.6 Å². The highest BCUT2D eigenvalue weighted by Crippen LogP contribution is 2.45. The highest BCUT2D eigenvalue weighted by atomic mass is 35.5. The predicted octanol–water partition coefficient (Wildman–Crippen LogP) is 7.41. The zero-order valence-corrected chi connectivity index (χ0v) is 20.1. The van der Waals surface area contributed by atoms with Gasteiger partial charge in [0.15, 0.2) is 0 Å². The fourth-order valence-corrected chi connectivity index (χ4v) is 5.58. The summed E-state index contributed by atoms with van der Waals surface area (Å²) in [5.74, 6) is 0.447. The van der Waals surface area contributed by atoms with Gasteiger partial charge in [0.1, 0.15) is 0 Å². The summed E-state index contributed by atoms with van der Waals surface area (Å²) in [6.07, 6.45) is 7.80. The van der Waals surface area contributed by atoms with Crippen molar-refractivity contribution in [3.8, 4) is 6.07 Å². The molecule has 0 radical (unpaired) electrons. The summed E-state index contributed by atoms with van der Waals surface area (Å²) in [4.78, 5) is 2.60. The number of rotatable bonds is 10. The Balaban J connectivity index is 1.74. The quantitative estimate of drug-likeness (QED) is 0.387. The van der Waals surface area contributed by atoms with Gasteiger partial charge in [-0.05, 0) is 82.1 Å². The molecule has 0 spiro atoms. The van der Waals surface area contributed by atoms with Crippen LogP contribution in [0.4, 0.5) is 0 Å². The van der Waals surface area contributed by atoms with Gasteiger partial charge in [0, 0.05) is 23.7 Å².